The van der Waals surface area contributed by atoms with Crippen molar-refractivity contribution in [2.24, 2.45) is 15.6 Å². The van der Waals surface area contributed by atoms with E-state index in [0.29, 0.717) is 26.1 Å². The Bertz CT molecular complexity index is 572. The summed E-state index contributed by atoms with van der Waals surface area (Å²) >= 11 is 5.83. The average Bonchev–Trinajstić information content (AvgIpc) is 3.16. The van der Waals surface area contributed by atoms with Gasteiger partial charge in [0.15, 0.2) is 5.66 Å². The maximum Gasteiger partial charge on any atom is 0.323 e. The van der Waals surface area contributed by atoms with E-state index in [-0.39, 0.29) is 28.4 Å². The molecular formula is C13H19ClN6O2. The van der Waals surface area contributed by atoms with E-state index < -0.39 is 0 Å². The normalized spacial score (nSPS) is 15.5. The second-order valence-electron chi connectivity index (χ2n) is 5.92. The number of ether oxygens (including phenoxy) is 2. The molecular weight excluding hydrogens is 308 g/mol. The molecule has 0 bridgehead atoms. The summed E-state index contributed by atoms with van der Waals surface area (Å²) in [6.45, 7) is 6.57. The second-order valence-corrected chi connectivity index (χ2v) is 6.25. The number of halogens is 1. The van der Waals surface area contributed by atoms with Crippen molar-refractivity contribution in [1.29, 1.82) is 5.41 Å². The monoisotopic (exact) mass is 326 g/mol. The predicted molar refractivity (Wildman–Crippen MR) is 80.9 cm³/mol. The van der Waals surface area contributed by atoms with Crippen molar-refractivity contribution < 1.29 is 9.47 Å². The topological polar surface area (TPSA) is 106 Å². The summed E-state index contributed by atoms with van der Waals surface area (Å²) in [5, 5.41) is 15.1. The van der Waals surface area contributed by atoms with Gasteiger partial charge in [0.25, 0.3) is 0 Å². The van der Waals surface area contributed by atoms with E-state index in [0.717, 1.165) is 0 Å². The summed E-state index contributed by atoms with van der Waals surface area (Å²) in [6.07, 6.45) is 2.71. The third-order valence-corrected chi connectivity index (χ3v) is 3.35. The fourth-order valence-electron chi connectivity index (χ4n) is 1.44. The molecule has 0 aliphatic carbocycles. The van der Waals surface area contributed by atoms with Crippen LogP contribution in [0.5, 0.6) is 12.0 Å². The lowest BCUT2D eigenvalue weighted by molar-refractivity contribution is 0.235. The first-order valence-corrected chi connectivity index (χ1v) is 7.33. The van der Waals surface area contributed by atoms with Gasteiger partial charge in [-0.05, 0) is 24.9 Å². The minimum Gasteiger partial charge on any atom is -0.463 e. The zero-order chi connectivity index (χ0) is 16.2. The second kappa shape index (κ2) is 6.51. The molecule has 1 aromatic rings. The van der Waals surface area contributed by atoms with Gasteiger partial charge in [-0.25, -0.2) is 0 Å². The van der Waals surface area contributed by atoms with Crippen LogP contribution in [0.4, 0.5) is 0 Å². The Morgan fingerprint density at radius 3 is 2.27 bits per heavy atom. The third kappa shape index (κ3) is 5.18. The molecule has 120 valence electrons. The molecule has 2 heterocycles. The van der Waals surface area contributed by atoms with Crippen LogP contribution in [0.1, 0.15) is 33.6 Å². The predicted octanol–water partition coefficient (Wildman–Crippen LogP) is 2.92. The van der Waals surface area contributed by atoms with E-state index in [1.165, 1.54) is 6.21 Å². The highest BCUT2D eigenvalue weighted by Gasteiger charge is 2.33. The van der Waals surface area contributed by atoms with E-state index in [9.17, 15) is 0 Å². The summed E-state index contributed by atoms with van der Waals surface area (Å²) in [5.74, 6) is 0. The van der Waals surface area contributed by atoms with Gasteiger partial charge in [0.1, 0.15) is 0 Å². The van der Waals surface area contributed by atoms with Crippen molar-refractivity contribution in [3.05, 3.63) is 5.28 Å². The number of nitrogens with zero attached hydrogens (tertiary/aromatic N) is 5. The molecule has 0 spiro atoms. The largest absolute Gasteiger partial charge is 0.463 e. The molecule has 8 nitrogen and oxygen atoms in total. The molecule has 0 saturated carbocycles. The molecule has 1 aromatic heterocycles. The molecule has 0 fully saturated rings. The zero-order valence-electron chi connectivity index (χ0n) is 12.8. The number of aromatic nitrogens is 3. The molecule has 1 aliphatic heterocycles. The highest BCUT2D eigenvalue weighted by atomic mass is 35.5. The smallest absolute Gasteiger partial charge is 0.323 e. The summed E-state index contributed by atoms with van der Waals surface area (Å²) in [6, 6.07) is 0.230. The lowest BCUT2D eigenvalue weighted by atomic mass is 9.92. The zero-order valence-corrected chi connectivity index (χ0v) is 13.6. The van der Waals surface area contributed by atoms with E-state index in [4.69, 9.17) is 26.5 Å². The van der Waals surface area contributed by atoms with Crippen LogP contribution in [-0.2, 0) is 0 Å². The van der Waals surface area contributed by atoms with Crippen LogP contribution in [0.3, 0.4) is 0 Å². The van der Waals surface area contributed by atoms with Crippen LogP contribution in [0.2, 0.25) is 5.28 Å². The molecule has 1 N–H and O–H groups in total. The molecule has 0 amide bonds. The maximum atomic E-state index is 7.31. The fraction of sp³-hybridized carbons (Fsp3) is 0.692. The van der Waals surface area contributed by atoms with Crippen LogP contribution in [-0.4, -0.2) is 40.0 Å². The minimum atomic E-state index is -0.325. The van der Waals surface area contributed by atoms with Gasteiger partial charge in [-0.3, -0.25) is 0 Å². The van der Waals surface area contributed by atoms with Crippen molar-refractivity contribution in [2.45, 2.75) is 39.3 Å². The molecule has 9 heteroatoms. The summed E-state index contributed by atoms with van der Waals surface area (Å²) in [5.41, 5.74) is -0.558. The standard InChI is InChI=1S/C13H19ClN6O2/c1-12(2,8-15)4-6-21-10-16-9(14)17-11(18-10)22-7-5-13(3)19-20-13/h8,15H,4-7H2,1-3H3. The number of hydrogen-bond donors (Lipinski definition) is 1. The van der Waals surface area contributed by atoms with Gasteiger partial charge >= 0.3 is 12.0 Å². The van der Waals surface area contributed by atoms with E-state index in [1.807, 2.05) is 20.8 Å². The summed E-state index contributed by atoms with van der Waals surface area (Å²) in [4.78, 5) is 11.8. The Kier molecular flexibility index (Phi) is 4.90. The highest BCUT2D eigenvalue weighted by Crippen LogP contribution is 2.30. The van der Waals surface area contributed by atoms with Gasteiger partial charge in [0, 0.05) is 18.1 Å². The first-order valence-electron chi connectivity index (χ1n) is 6.95. The van der Waals surface area contributed by atoms with Crippen LogP contribution in [0.15, 0.2) is 10.2 Å². The van der Waals surface area contributed by atoms with Crippen molar-refractivity contribution >= 4 is 17.8 Å². The summed E-state index contributed by atoms with van der Waals surface area (Å²) in [7, 11) is 0. The Labute approximate surface area is 133 Å². The van der Waals surface area contributed by atoms with E-state index >= 15 is 0 Å². The molecule has 0 aromatic carbocycles. The van der Waals surface area contributed by atoms with Crippen LogP contribution in [0, 0.1) is 10.8 Å². The van der Waals surface area contributed by atoms with Crippen LogP contribution >= 0.6 is 11.6 Å². The molecule has 22 heavy (non-hydrogen) atoms. The molecule has 0 radical (unpaired) electrons. The van der Waals surface area contributed by atoms with Crippen molar-refractivity contribution in [3.8, 4) is 12.0 Å². The molecule has 0 atom stereocenters. The van der Waals surface area contributed by atoms with Gasteiger partial charge in [-0.15, -0.1) is 4.98 Å². The fourth-order valence-corrected chi connectivity index (χ4v) is 1.59. The van der Waals surface area contributed by atoms with E-state index in [2.05, 4.69) is 25.2 Å². The molecule has 1 aliphatic rings. The van der Waals surface area contributed by atoms with Gasteiger partial charge < -0.3 is 14.9 Å². The van der Waals surface area contributed by atoms with Crippen molar-refractivity contribution in [1.82, 2.24) is 15.0 Å². The Morgan fingerprint density at radius 2 is 1.73 bits per heavy atom. The first-order chi connectivity index (χ1) is 10.3. The minimum absolute atomic E-state index is 0.0123. The number of rotatable bonds is 9. The average molecular weight is 327 g/mol. The Hall–Kier alpha value is -1.83. The van der Waals surface area contributed by atoms with Gasteiger partial charge in [0.05, 0.1) is 13.2 Å². The van der Waals surface area contributed by atoms with Gasteiger partial charge in [-0.1, -0.05) is 13.8 Å². The van der Waals surface area contributed by atoms with Gasteiger partial charge in [-0.2, -0.15) is 20.2 Å². The lowest BCUT2D eigenvalue weighted by Crippen LogP contribution is -2.17. The highest BCUT2D eigenvalue weighted by molar-refractivity contribution is 6.28. The first kappa shape index (κ1) is 16.5. The molecule has 0 unspecified atom stereocenters. The quantitative estimate of drug-likeness (QED) is 0.702. The number of nitrogens with one attached hydrogen (secondary N) is 1. The number of hydrogen-bond acceptors (Lipinski definition) is 8. The summed E-state index contributed by atoms with van der Waals surface area (Å²) < 4.78 is 10.9. The lowest BCUT2D eigenvalue weighted by Gasteiger charge is -2.17. The van der Waals surface area contributed by atoms with Gasteiger partial charge in [0.2, 0.25) is 5.28 Å². The maximum absolute atomic E-state index is 7.31. The Morgan fingerprint density at radius 1 is 1.14 bits per heavy atom. The van der Waals surface area contributed by atoms with Crippen LogP contribution < -0.4 is 9.47 Å². The van der Waals surface area contributed by atoms with E-state index in [1.54, 1.807) is 0 Å². The van der Waals surface area contributed by atoms with Crippen LogP contribution in [0.25, 0.3) is 0 Å². The van der Waals surface area contributed by atoms with Crippen molar-refractivity contribution in [3.63, 3.8) is 0 Å². The third-order valence-electron chi connectivity index (χ3n) is 3.18. The van der Waals surface area contributed by atoms with Crippen molar-refractivity contribution in [2.75, 3.05) is 13.2 Å². The molecule has 2 rings (SSSR count). The molecule has 0 saturated heterocycles. The Balaban J connectivity index is 1.84. The SMILES string of the molecule is CC(C)(C=N)CCOc1nc(Cl)nc(OCCC2(C)N=N2)n1.